The van der Waals surface area contributed by atoms with Crippen LogP contribution < -0.4 is 4.74 Å². The second-order valence-electron chi connectivity index (χ2n) is 7.77. The molecule has 0 radical (unpaired) electrons. The Balaban J connectivity index is -0.000000285. The molecule has 2 aromatic carbocycles. The smallest absolute Gasteiger partial charge is 0.416 e. The van der Waals surface area contributed by atoms with Gasteiger partial charge >= 0.3 is 127 Å². The number of carboxylic acid groups (broad SMARTS) is 2. The number of phenolic OH excluding ortho intramolecular Hbond substituents is 1. The summed E-state index contributed by atoms with van der Waals surface area (Å²) in [5, 5.41) is 25.8. The Labute approximate surface area is 376 Å². The molecule has 0 unspecified atom stereocenters. The van der Waals surface area contributed by atoms with Crippen LogP contribution in [0.2, 0.25) is 0 Å². The molecule has 6 nitrogen and oxygen atoms in total. The summed E-state index contributed by atoms with van der Waals surface area (Å²) in [6.45, 7) is 1.02. The van der Waals surface area contributed by atoms with Crippen molar-refractivity contribution in [3.05, 3.63) is 58.7 Å². The molecule has 0 aliphatic heterocycles. The minimum Gasteiger partial charge on any atom is -0.508 e. The van der Waals surface area contributed by atoms with Crippen molar-refractivity contribution < 1.29 is 73.5 Å². The minimum atomic E-state index is -4.84. The average Bonchev–Trinajstić information content (AvgIpc) is 2.90. The number of ether oxygens (including phenoxy) is 1. The molecule has 0 heterocycles. The zero-order chi connectivity index (χ0) is 40.9. The average molecular weight is 1780 g/mol. The van der Waals surface area contributed by atoms with Crippen LogP contribution in [0.4, 0.5) is 43.9 Å². The van der Waals surface area contributed by atoms with Crippen molar-refractivity contribution in [1.82, 2.24) is 0 Å². The van der Waals surface area contributed by atoms with Gasteiger partial charge in [-0.3, -0.25) is 0 Å². The number of aromatic carboxylic acids is 2. The maximum absolute atomic E-state index is 12.3. The molecule has 26 heteroatoms. The van der Waals surface area contributed by atoms with Gasteiger partial charge in [0.15, 0.2) is 0 Å². The summed E-state index contributed by atoms with van der Waals surface area (Å²) in [4.78, 5) is 20.9. The summed E-state index contributed by atoms with van der Waals surface area (Å²) >= 11 is 23.8. The van der Waals surface area contributed by atoms with Gasteiger partial charge in [-0.1, -0.05) is 93.2 Å². The standard InChI is InChI=1S/C9H5F5O3.C8H5F3O3.C3H6I2.C3H7I.CHClF2.I6/c10-8(11)17-6-2-4(7(15)16)1-5(3-6)9(12,13)14;9-8(10,11)5-1-4(7(13)14)2-6(12)3-5;1-2-3(4)5;1-2-3-4;2-1(3)4;1-6(2,3,4)5/h1-3,8H,(H,15,16);1-3,12H,(H,13,14);3H,2H2,1H3;2-3H2,1H3;1H;. The normalized spacial score (nSPS) is 11.7. The second kappa shape index (κ2) is 29.4. The summed E-state index contributed by atoms with van der Waals surface area (Å²) in [7, 11) is 0. The third-order valence-electron chi connectivity index (χ3n) is 3.70. The molecule has 0 fully saturated rings. The molecule has 0 atom stereocenters. The molecule has 0 aliphatic carbocycles. The van der Waals surface area contributed by atoms with Crippen LogP contribution in [0.1, 0.15) is 58.5 Å². The number of hydrogen-bond donors (Lipinski definition) is 3. The largest absolute Gasteiger partial charge is 0.508 e. The van der Waals surface area contributed by atoms with Gasteiger partial charge in [0.1, 0.15) is 11.5 Å². The van der Waals surface area contributed by atoms with Crippen molar-refractivity contribution in [1.29, 1.82) is 0 Å². The van der Waals surface area contributed by atoms with E-state index in [9.17, 15) is 53.5 Å². The molecule has 0 spiro atoms. The molecule has 0 bridgehead atoms. The number of phenols is 1. The summed E-state index contributed by atoms with van der Waals surface area (Å²) in [5.74, 6) is -7.47. The molecule has 0 aromatic heterocycles. The molecule has 296 valence electrons. The van der Waals surface area contributed by atoms with Crippen molar-refractivity contribution in [2.24, 2.45) is 0 Å². The topological polar surface area (TPSA) is 104 Å². The first-order chi connectivity index (χ1) is 22.2. The Morgan fingerprint density at radius 1 is 0.780 bits per heavy atom. The van der Waals surface area contributed by atoms with Crippen LogP contribution in [-0.4, -0.2) is 46.1 Å². The zero-order valence-corrected chi connectivity index (χ0v) is 44.6. The first-order valence-electron chi connectivity index (χ1n) is 11.9. The SMILES string of the molecule is CCC(I)I.CCCI.FC(F)Cl.II(I)(I)(I)I.O=C(O)c1cc(O)cc(C(F)(F)F)c1.O=C(O)c1cc(OC(F)F)cc(C(F)(F)F)c1. The van der Waals surface area contributed by atoms with Crippen LogP contribution >= 0.6 is 170 Å². The number of hydrogen-bond acceptors (Lipinski definition) is 4. The Hall–Kier alpha value is 3.14. The van der Waals surface area contributed by atoms with Crippen LogP contribution in [0.5, 0.6) is 11.5 Å². The monoisotopic (exact) mass is 1780 g/mol. The van der Waals surface area contributed by atoms with E-state index in [2.05, 4.69) is 191 Å². The predicted molar refractivity (Wildman–Crippen MR) is 252 cm³/mol. The number of alkyl halides is 14. The molecule has 2 rings (SSSR count). The number of benzene rings is 2. The van der Waals surface area contributed by atoms with Gasteiger partial charge in [-0.25, -0.2) is 9.59 Å². The fraction of sp³-hybridized carbons (Fsp3) is 0.417. The Bertz CT molecular complexity index is 1260. The van der Waals surface area contributed by atoms with Crippen LogP contribution in [-0.2, 0) is 12.4 Å². The van der Waals surface area contributed by atoms with Gasteiger partial charge in [0, 0.05) is 0 Å². The van der Waals surface area contributed by atoms with Gasteiger partial charge < -0.3 is 20.1 Å². The zero-order valence-electron chi connectivity index (χ0n) is 24.4. The van der Waals surface area contributed by atoms with E-state index in [0.29, 0.717) is 30.3 Å². The maximum atomic E-state index is 12.3. The van der Waals surface area contributed by atoms with E-state index in [0.717, 1.165) is 8.00 Å². The van der Waals surface area contributed by atoms with Crippen molar-refractivity contribution >= 4 is 182 Å². The number of aromatic hydroxyl groups is 1. The Kier molecular flexibility index (Phi) is 35.1. The van der Waals surface area contributed by atoms with Gasteiger partial charge in [0.2, 0.25) is 0 Å². The van der Waals surface area contributed by atoms with Crippen molar-refractivity contribution in [3.63, 3.8) is 0 Å². The third kappa shape index (κ3) is 43.9. The predicted octanol–water partition coefficient (Wildman–Crippen LogP) is 16.3. The fourth-order valence-corrected chi connectivity index (χ4v) is 1.96. The number of carboxylic acids is 2. The summed E-state index contributed by atoms with van der Waals surface area (Å²) in [6, 6.07) is 2.90. The molecule has 0 saturated carbocycles. The van der Waals surface area contributed by atoms with Gasteiger partial charge in [-0.2, -0.15) is 43.9 Å². The number of carbonyl (C=O) groups is 2. The van der Waals surface area contributed by atoms with E-state index in [4.69, 9.17) is 15.3 Å². The van der Waals surface area contributed by atoms with Gasteiger partial charge in [-0.05, 0) is 53.7 Å². The van der Waals surface area contributed by atoms with E-state index < -0.39 is 67.7 Å². The Morgan fingerprint density at radius 3 is 1.32 bits per heavy atom. The van der Waals surface area contributed by atoms with Crippen LogP contribution in [0, 0.1) is 0 Å². The fourth-order valence-electron chi connectivity index (χ4n) is 1.96. The first-order valence-corrected chi connectivity index (χ1v) is 47.8. The van der Waals surface area contributed by atoms with Crippen molar-refractivity contribution in [2.45, 2.75) is 53.5 Å². The van der Waals surface area contributed by atoms with E-state index in [1.165, 1.54) is 17.3 Å². The van der Waals surface area contributed by atoms with Gasteiger partial charge in [-0.15, -0.1) is 0 Å². The van der Waals surface area contributed by atoms with Crippen molar-refractivity contribution in [3.8, 4) is 11.5 Å². The van der Waals surface area contributed by atoms with E-state index in [-0.39, 0.29) is 0 Å². The van der Waals surface area contributed by atoms with Crippen LogP contribution in [0.3, 0.4) is 0 Å². The first kappa shape index (κ1) is 59.8. The quantitative estimate of drug-likeness (QED) is 0.151. The summed E-state index contributed by atoms with van der Waals surface area (Å²) < 4.78 is 121. The van der Waals surface area contributed by atoms with E-state index >= 15 is 0 Å². The minimum absolute atomic E-state index is 0.304. The van der Waals surface area contributed by atoms with Crippen LogP contribution in [0.25, 0.3) is 0 Å². The molecule has 50 heavy (non-hydrogen) atoms. The molecule has 3 N–H and O–H groups in total. The van der Waals surface area contributed by atoms with E-state index in [1.807, 2.05) is 0 Å². The third-order valence-corrected chi connectivity index (χ3v) is 6.54. The maximum Gasteiger partial charge on any atom is 0.416 e. The van der Waals surface area contributed by atoms with Gasteiger partial charge in [0.25, 0.3) is 0 Å². The Morgan fingerprint density at radius 2 is 1.08 bits per heavy atom. The molecule has 0 amide bonds. The summed E-state index contributed by atoms with van der Waals surface area (Å²) in [6.07, 6.45) is -6.92. The molecule has 2 aromatic rings. The molecule has 0 aliphatic rings. The molecular weight excluding hydrogens is 1750 g/mol. The second-order valence-corrected chi connectivity index (χ2v) is 177. The van der Waals surface area contributed by atoms with Gasteiger partial charge in [0.05, 0.1) is 24.2 Å². The van der Waals surface area contributed by atoms with Crippen LogP contribution in [0.15, 0.2) is 36.4 Å². The van der Waals surface area contributed by atoms with Crippen molar-refractivity contribution in [2.75, 3.05) is 4.43 Å². The van der Waals surface area contributed by atoms with E-state index in [1.54, 1.807) is 0 Å². The molecule has 0 saturated heterocycles. The molecular formula is C24H24ClF10I9O6. The number of rotatable bonds is 6. The summed E-state index contributed by atoms with van der Waals surface area (Å²) in [5.41, 5.74) is -3.93. The number of halogens is 20.